The predicted octanol–water partition coefficient (Wildman–Crippen LogP) is 4.45. The first-order valence-electron chi connectivity index (χ1n) is 7.67. The summed E-state index contributed by atoms with van der Waals surface area (Å²) in [4.78, 5) is 24.5. The van der Waals surface area contributed by atoms with Crippen LogP contribution in [0.5, 0.6) is 0 Å². The van der Waals surface area contributed by atoms with E-state index in [0.717, 1.165) is 16.9 Å². The van der Waals surface area contributed by atoms with Crippen molar-refractivity contribution in [2.24, 2.45) is 0 Å². The molecule has 1 amide bonds. The van der Waals surface area contributed by atoms with Crippen molar-refractivity contribution in [1.82, 2.24) is 0 Å². The number of benzene rings is 2. The van der Waals surface area contributed by atoms with Crippen LogP contribution in [0, 0.1) is 19.7 Å². The quantitative estimate of drug-likeness (QED) is 0.702. The van der Waals surface area contributed by atoms with Crippen LogP contribution in [0.4, 0.5) is 10.1 Å². The maximum Gasteiger partial charge on any atom is 0.349 e. The molecular formula is C19H16FNO3S. The molecule has 128 valence electrons. The van der Waals surface area contributed by atoms with Crippen molar-refractivity contribution in [2.45, 2.75) is 13.8 Å². The molecule has 3 rings (SSSR count). The summed E-state index contributed by atoms with van der Waals surface area (Å²) in [6, 6.07) is 12.0. The van der Waals surface area contributed by atoms with E-state index in [1.54, 1.807) is 25.1 Å². The number of esters is 1. The summed E-state index contributed by atoms with van der Waals surface area (Å²) in [6.07, 6.45) is 0. The molecule has 1 heterocycles. The highest BCUT2D eigenvalue weighted by molar-refractivity contribution is 7.21. The van der Waals surface area contributed by atoms with Gasteiger partial charge < -0.3 is 10.1 Å². The molecule has 0 saturated carbocycles. The highest BCUT2D eigenvalue weighted by atomic mass is 32.1. The summed E-state index contributed by atoms with van der Waals surface area (Å²) in [7, 11) is 0. The van der Waals surface area contributed by atoms with Crippen LogP contribution in [-0.4, -0.2) is 18.5 Å². The number of fused-ring (bicyclic) bond motifs is 1. The van der Waals surface area contributed by atoms with Crippen LogP contribution in [0.3, 0.4) is 0 Å². The number of hydrogen-bond acceptors (Lipinski definition) is 4. The number of halogens is 1. The van der Waals surface area contributed by atoms with E-state index in [0.29, 0.717) is 26.2 Å². The Bertz CT molecular complexity index is 964. The molecule has 0 aliphatic carbocycles. The van der Waals surface area contributed by atoms with Gasteiger partial charge in [0.05, 0.1) is 0 Å². The van der Waals surface area contributed by atoms with E-state index in [4.69, 9.17) is 4.74 Å². The molecule has 0 aliphatic rings. The Morgan fingerprint density at radius 2 is 1.88 bits per heavy atom. The third-order valence-electron chi connectivity index (χ3n) is 3.84. The maximum atomic E-state index is 13.9. The van der Waals surface area contributed by atoms with Gasteiger partial charge in [0.25, 0.3) is 5.91 Å². The summed E-state index contributed by atoms with van der Waals surface area (Å²) >= 11 is 1.16. The molecule has 2 aromatic carbocycles. The molecule has 4 nitrogen and oxygen atoms in total. The fraction of sp³-hybridized carbons (Fsp3) is 0.158. The summed E-state index contributed by atoms with van der Waals surface area (Å²) < 4.78 is 19.7. The number of hydrogen-bond donors (Lipinski definition) is 1. The summed E-state index contributed by atoms with van der Waals surface area (Å²) in [5.41, 5.74) is 2.11. The molecule has 1 aromatic heterocycles. The smallest absolute Gasteiger partial charge is 0.349 e. The molecule has 0 spiro atoms. The van der Waals surface area contributed by atoms with Crippen molar-refractivity contribution in [3.63, 3.8) is 0 Å². The van der Waals surface area contributed by atoms with Gasteiger partial charge in [-0.05, 0) is 43.2 Å². The molecule has 0 unspecified atom stereocenters. The Hall–Kier alpha value is -2.73. The number of carbonyl (C=O) groups excluding carboxylic acids is 2. The Balaban J connectivity index is 1.69. The Morgan fingerprint density at radius 1 is 1.12 bits per heavy atom. The summed E-state index contributed by atoms with van der Waals surface area (Å²) in [6.45, 7) is 3.14. The number of rotatable bonds is 4. The molecule has 3 aromatic rings. The zero-order valence-corrected chi connectivity index (χ0v) is 14.6. The van der Waals surface area contributed by atoms with E-state index >= 15 is 0 Å². The molecule has 6 heteroatoms. The Labute approximate surface area is 148 Å². The van der Waals surface area contributed by atoms with Crippen molar-refractivity contribution >= 4 is 39.0 Å². The summed E-state index contributed by atoms with van der Waals surface area (Å²) in [5.74, 6) is -1.42. The number of amides is 1. The number of nitrogens with one attached hydrogen (secondary N) is 1. The zero-order valence-electron chi connectivity index (χ0n) is 13.8. The van der Waals surface area contributed by atoms with E-state index < -0.39 is 18.5 Å². The molecular weight excluding hydrogens is 341 g/mol. The topological polar surface area (TPSA) is 55.4 Å². The van der Waals surface area contributed by atoms with Crippen molar-refractivity contribution < 1.29 is 18.7 Å². The Morgan fingerprint density at radius 3 is 2.60 bits per heavy atom. The number of anilines is 1. The largest absolute Gasteiger partial charge is 0.451 e. The lowest BCUT2D eigenvalue weighted by molar-refractivity contribution is -0.119. The van der Waals surface area contributed by atoms with Gasteiger partial charge in [0, 0.05) is 15.8 Å². The second-order valence-corrected chi connectivity index (χ2v) is 6.66. The van der Waals surface area contributed by atoms with Crippen LogP contribution in [0.15, 0.2) is 42.5 Å². The van der Waals surface area contributed by atoms with Crippen LogP contribution < -0.4 is 5.32 Å². The highest BCUT2D eigenvalue weighted by Crippen LogP contribution is 2.32. The first-order valence-corrected chi connectivity index (χ1v) is 8.49. The molecule has 1 N–H and O–H groups in total. The van der Waals surface area contributed by atoms with Gasteiger partial charge in [-0.2, -0.15) is 0 Å². The lowest BCUT2D eigenvalue weighted by atomic mass is 10.1. The van der Waals surface area contributed by atoms with Gasteiger partial charge in [-0.25, -0.2) is 9.18 Å². The average molecular weight is 357 g/mol. The maximum absolute atomic E-state index is 13.9. The number of para-hydroxylation sites is 1. The third-order valence-corrected chi connectivity index (χ3v) is 5.08. The third kappa shape index (κ3) is 3.53. The number of aryl methyl sites for hydroxylation is 2. The van der Waals surface area contributed by atoms with Crippen molar-refractivity contribution in [3.05, 3.63) is 64.3 Å². The molecule has 0 saturated heterocycles. The highest BCUT2D eigenvalue weighted by Gasteiger charge is 2.19. The van der Waals surface area contributed by atoms with Gasteiger partial charge >= 0.3 is 5.97 Å². The number of thiophene rings is 1. The molecule has 0 atom stereocenters. The normalized spacial score (nSPS) is 10.7. The van der Waals surface area contributed by atoms with E-state index in [-0.39, 0.29) is 5.82 Å². The van der Waals surface area contributed by atoms with Gasteiger partial charge in [-0.1, -0.05) is 24.3 Å². The standard InChI is InChI=1S/C19H16FNO3S/c1-11-6-3-4-8-14(11)21-16(22)10-24-19(23)18-12(2)17-13(20)7-5-9-15(17)25-18/h3-9H,10H2,1-2H3,(H,21,22). The van der Waals surface area contributed by atoms with Crippen LogP contribution in [-0.2, 0) is 9.53 Å². The van der Waals surface area contributed by atoms with Gasteiger partial charge in [0.2, 0.25) is 0 Å². The molecule has 0 radical (unpaired) electrons. The van der Waals surface area contributed by atoms with E-state index in [9.17, 15) is 14.0 Å². The lowest BCUT2D eigenvalue weighted by Crippen LogP contribution is -2.21. The van der Waals surface area contributed by atoms with Gasteiger partial charge in [0.15, 0.2) is 6.61 Å². The predicted molar refractivity (Wildman–Crippen MR) is 96.6 cm³/mol. The first-order chi connectivity index (χ1) is 12.0. The minimum atomic E-state index is -0.627. The van der Waals surface area contributed by atoms with Crippen LogP contribution in [0.2, 0.25) is 0 Å². The van der Waals surface area contributed by atoms with Crippen LogP contribution >= 0.6 is 11.3 Å². The zero-order chi connectivity index (χ0) is 18.0. The monoisotopic (exact) mass is 357 g/mol. The van der Waals surface area contributed by atoms with Crippen molar-refractivity contribution in [1.29, 1.82) is 0 Å². The SMILES string of the molecule is Cc1ccccc1NC(=O)COC(=O)c1sc2cccc(F)c2c1C. The van der Waals surface area contributed by atoms with E-state index in [1.807, 2.05) is 25.1 Å². The molecule has 0 aliphatic heterocycles. The van der Waals surface area contributed by atoms with Crippen molar-refractivity contribution in [2.75, 3.05) is 11.9 Å². The Kier molecular flexibility index (Phi) is 4.81. The molecule has 0 bridgehead atoms. The lowest BCUT2D eigenvalue weighted by Gasteiger charge is -2.08. The second kappa shape index (κ2) is 7.03. The van der Waals surface area contributed by atoms with E-state index in [1.165, 1.54) is 6.07 Å². The first kappa shape index (κ1) is 17.1. The minimum Gasteiger partial charge on any atom is -0.451 e. The molecule has 0 fully saturated rings. The fourth-order valence-electron chi connectivity index (χ4n) is 2.54. The van der Waals surface area contributed by atoms with Crippen LogP contribution in [0.25, 0.3) is 10.1 Å². The van der Waals surface area contributed by atoms with Gasteiger partial charge in [-0.15, -0.1) is 11.3 Å². The van der Waals surface area contributed by atoms with Gasteiger partial charge in [-0.3, -0.25) is 4.79 Å². The second-order valence-electron chi connectivity index (χ2n) is 5.61. The number of ether oxygens (including phenoxy) is 1. The van der Waals surface area contributed by atoms with Gasteiger partial charge in [0.1, 0.15) is 10.7 Å². The minimum absolute atomic E-state index is 0.309. The average Bonchev–Trinajstić information content (AvgIpc) is 2.93. The number of carbonyl (C=O) groups is 2. The van der Waals surface area contributed by atoms with E-state index in [2.05, 4.69) is 5.32 Å². The fourth-order valence-corrected chi connectivity index (χ4v) is 3.66. The molecule has 25 heavy (non-hydrogen) atoms. The van der Waals surface area contributed by atoms with Crippen molar-refractivity contribution in [3.8, 4) is 0 Å². The summed E-state index contributed by atoms with van der Waals surface area (Å²) in [5, 5.41) is 3.11. The van der Waals surface area contributed by atoms with Crippen LogP contribution in [0.1, 0.15) is 20.8 Å².